The van der Waals surface area contributed by atoms with E-state index in [2.05, 4.69) is 13.0 Å². The van der Waals surface area contributed by atoms with Crippen molar-refractivity contribution in [3.05, 3.63) is 0 Å². The lowest BCUT2D eigenvalue weighted by Gasteiger charge is -2.27. The Morgan fingerprint density at radius 3 is 2.38 bits per heavy atom. The number of hydrogen-bond acceptors (Lipinski definition) is 2. The normalized spacial score (nSPS) is 34.2. The van der Waals surface area contributed by atoms with Crippen LogP contribution >= 0.6 is 0 Å². The highest BCUT2D eigenvalue weighted by molar-refractivity contribution is 5.01. The topological polar surface area (TPSA) is 33.0 Å². The molecule has 1 heterocycles. The van der Waals surface area contributed by atoms with Gasteiger partial charge in [-0.25, -0.2) is 0 Å². The highest BCUT2D eigenvalue weighted by Crippen LogP contribution is 2.41. The van der Waals surface area contributed by atoms with E-state index in [1.807, 2.05) is 0 Å². The van der Waals surface area contributed by atoms with Gasteiger partial charge in [0.1, 0.15) is 0 Å². The first-order valence-corrected chi connectivity index (χ1v) is 6.81. The minimum absolute atomic E-state index is 0.0643. The molecular formula is C14H23NO. The molecule has 0 N–H and O–H groups in total. The summed E-state index contributed by atoms with van der Waals surface area (Å²) in [6.45, 7) is 2.14. The van der Waals surface area contributed by atoms with Crippen molar-refractivity contribution in [3.63, 3.8) is 0 Å². The van der Waals surface area contributed by atoms with Gasteiger partial charge in [-0.3, -0.25) is 0 Å². The van der Waals surface area contributed by atoms with Crippen molar-refractivity contribution in [3.8, 4) is 6.07 Å². The van der Waals surface area contributed by atoms with Crippen molar-refractivity contribution in [2.24, 2.45) is 5.41 Å². The second-order valence-electron chi connectivity index (χ2n) is 5.66. The van der Waals surface area contributed by atoms with Gasteiger partial charge in [-0.15, -0.1) is 0 Å². The number of nitrogens with zero attached hydrogens (tertiary/aromatic N) is 1. The van der Waals surface area contributed by atoms with Gasteiger partial charge in [-0.2, -0.15) is 5.26 Å². The van der Waals surface area contributed by atoms with Gasteiger partial charge < -0.3 is 4.74 Å². The minimum Gasteiger partial charge on any atom is -0.375 e. The van der Waals surface area contributed by atoms with Crippen LogP contribution in [0.2, 0.25) is 0 Å². The molecule has 0 aromatic heterocycles. The molecule has 2 rings (SSSR count). The van der Waals surface area contributed by atoms with Crippen LogP contribution in [0, 0.1) is 16.7 Å². The Balaban J connectivity index is 1.95. The van der Waals surface area contributed by atoms with Gasteiger partial charge in [0.25, 0.3) is 0 Å². The molecule has 2 fully saturated rings. The quantitative estimate of drug-likeness (QED) is 0.664. The Morgan fingerprint density at radius 2 is 1.88 bits per heavy atom. The van der Waals surface area contributed by atoms with Gasteiger partial charge in [-0.1, -0.05) is 25.7 Å². The molecular weight excluding hydrogens is 198 g/mol. The summed E-state index contributed by atoms with van der Waals surface area (Å²) >= 11 is 0. The van der Waals surface area contributed by atoms with Crippen molar-refractivity contribution in [1.82, 2.24) is 0 Å². The van der Waals surface area contributed by atoms with Crippen LogP contribution in [-0.2, 0) is 4.74 Å². The lowest BCUT2D eigenvalue weighted by molar-refractivity contribution is 0.0291. The minimum atomic E-state index is -0.0643. The zero-order valence-electron chi connectivity index (χ0n) is 10.4. The monoisotopic (exact) mass is 221 g/mol. The van der Waals surface area contributed by atoms with Crippen molar-refractivity contribution in [1.29, 1.82) is 5.26 Å². The zero-order chi connectivity index (χ0) is 11.4. The maximum atomic E-state index is 9.49. The molecule has 1 aliphatic heterocycles. The Hall–Kier alpha value is -0.550. The summed E-state index contributed by atoms with van der Waals surface area (Å²) in [5.74, 6) is 0. The van der Waals surface area contributed by atoms with E-state index in [4.69, 9.17) is 4.74 Å². The lowest BCUT2D eigenvalue weighted by Crippen LogP contribution is -2.25. The Morgan fingerprint density at radius 1 is 1.19 bits per heavy atom. The molecule has 0 bridgehead atoms. The highest BCUT2D eigenvalue weighted by atomic mass is 16.5. The molecule has 0 aromatic carbocycles. The molecule has 1 saturated heterocycles. The van der Waals surface area contributed by atoms with Crippen LogP contribution in [0.1, 0.15) is 64.7 Å². The Labute approximate surface area is 99.0 Å². The van der Waals surface area contributed by atoms with Gasteiger partial charge in [0, 0.05) is 0 Å². The predicted octanol–water partition coefficient (Wildman–Crippen LogP) is 3.81. The van der Waals surface area contributed by atoms with E-state index in [-0.39, 0.29) is 5.41 Å². The van der Waals surface area contributed by atoms with Crippen molar-refractivity contribution >= 4 is 0 Å². The summed E-state index contributed by atoms with van der Waals surface area (Å²) in [5.41, 5.74) is -0.0643. The van der Waals surface area contributed by atoms with E-state index in [1.54, 1.807) is 0 Å². The van der Waals surface area contributed by atoms with E-state index in [0.29, 0.717) is 12.2 Å². The van der Waals surface area contributed by atoms with Crippen LogP contribution in [0.3, 0.4) is 0 Å². The fourth-order valence-corrected chi connectivity index (χ4v) is 3.24. The number of nitriles is 1. The molecule has 2 atom stereocenters. The summed E-state index contributed by atoms with van der Waals surface area (Å²) < 4.78 is 5.88. The summed E-state index contributed by atoms with van der Waals surface area (Å²) in [7, 11) is 0. The third-order valence-corrected chi connectivity index (χ3v) is 4.24. The first kappa shape index (κ1) is 11.9. The first-order chi connectivity index (χ1) is 7.74. The van der Waals surface area contributed by atoms with Gasteiger partial charge in [0.05, 0.1) is 23.7 Å². The second kappa shape index (κ2) is 5.19. The third-order valence-electron chi connectivity index (χ3n) is 4.24. The molecule has 90 valence electrons. The van der Waals surface area contributed by atoms with Gasteiger partial charge in [-0.05, 0) is 39.0 Å². The maximum absolute atomic E-state index is 9.49. The van der Waals surface area contributed by atoms with E-state index in [9.17, 15) is 5.26 Å². The largest absolute Gasteiger partial charge is 0.375 e. The fraction of sp³-hybridized carbons (Fsp3) is 0.929. The molecule has 0 spiro atoms. The smallest absolute Gasteiger partial charge is 0.0690 e. The number of ether oxygens (including phenoxy) is 1. The van der Waals surface area contributed by atoms with Crippen molar-refractivity contribution in [2.75, 3.05) is 0 Å². The summed E-state index contributed by atoms with van der Waals surface area (Å²) in [6, 6.07) is 2.62. The van der Waals surface area contributed by atoms with Crippen LogP contribution in [0.5, 0.6) is 0 Å². The zero-order valence-corrected chi connectivity index (χ0v) is 10.4. The van der Waals surface area contributed by atoms with Gasteiger partial charge >= 0.3 is 0 Å². The Bertz CT molecular complexity index is 260. The number of rotatable bonds is 2. The number of hydrogen-bond donors (Lipinski definition) is 0. The van der Waals surface area contributed by atoms with Crippen molar-refractivity contribution < 1.29 is 4.74 Å². The average Bonchev–Trinajstić information content (AvgIpc) is 2.54. The summed E-state index contributed by atoms with van der Waals surface area (Å²) in [6.07, 6.45) is 11.3. The molecule has 1 saturated carbocycles. The van der Waals surface area contributed by atoms with E-state index >= 15 is 0 Å². The predicted molar refractivity (Wildman–Crippen MR) is 63.9 cm³/mol. The molecule has 2 heteroatoms. The third kappa shape index (κ3) is 2.77. The molecule has 16 heavy (non-hydrogen) atoms. The first-order valence-electron chi connectivity index (χ1n) is 6.81. The standard InChI is InChI=1S/C14H23NO/c1-12-6-7-13(16-12)10-14(11-15)8-4-2-3-5-9-14/h12-13H,2-10H2,1H3. The molecule has 2 unspecified atom stereocenters. The molecule has 0 radical (unpaired) electrons. The SMILES string of the molecule is CC1CCC(CC2(C#N)CCCCCC2)O1. The van der Waals surface area contributed by atoms with E-state index < -0.39 is 0 Å². The maximum Gasteiger partial charge on any atom is 0.0690 e. The van der Waals surface area contributed by atoms with Crippen LogP contribution < -0.4 is 0 Å². The van der Waals surface area contributed by atoms with E-state index in [1.165, 1.54) is 32.1 Å². The summed E-state index contributed by atoms with van der Waals surface area (Å²) in [5, 5.41) is 9.49. The summed E-state index contributed by atoms with van der Waals surface area (Å²) in [4.78, 5) is 0. The van der Waals surface area contributed by atoms with Crippen LogP contribution in [0.15, 0.2) is 0 Å². The second-order valence-corrected chi connectivity index (χ2v) is 5.66. The fourth-order valence-electron chi connectivity index (χ4n) is 3.24. The van der Waals surface area contributed by atoms with Crippen LogP contribution in [0.25, 0.3) is 0 Å². The van der Waals surface area contributed by atoms with Gasteiger partial charge in [0.2, 0.25) is 0 Å². The Kier molecular flexibility index (Phi) is 3.86. The van der Waals surface area contributed by atoms with Crippen molar-refractivity contribution in [2.45, 2.75) is 76.9 Å². The van der Waals surface area contributed by atoms with Crippen LogP contribution in [0.4, 0.5) is 0 Å². The molecule has 0 amide bonds. The van der Waals surface area contributed by atoms with Gasteiger partial charge in [0.15, 0.2) is 0 Å². The van der Waals surface area contributed by atoms with Crippen LogP contribution in [-0.4, -0.2) is 12.2 Å². The highest BCUT2D eigenvalue weighted by Gasteiger charge is 2.36. The molecule has 2 aliphatic rings. The average molecular weight is 221 g/mol. The molecule has 0 aromatic rings. The lowest BCUT2D eigenvalue weighted by atomic mass is 9.77. The molecule has 2 nitrogen and oxygen atoms in total. The molecule has 1 aliphatic carbocycles. The van der Waals surface area contributed by atoms with E-state index in [0.717, 1.165) is 25.7 Å².